The van der Waals surface area contributed by atoms with Crippen molar-refractivity contribution in [2.45, 2.75) is 86.1 Å². The van der Waals surface area contributed by atoms with E-state index in [-0.39, 0.29) is 18.1 Å². The molecule has 0 radical (unpaired) electrons. The number of anilines is 1. The van der Waals surface area contributed by atoms with Crippen LogP contribution in [0.15, 0.2) is 18.2 Å². The minimum atomic E-state index is -0.662. The van der Waals surface area contributed by atoms with Gasteiger partial charge >= 0.3 is 5.97 Å². The van der Waals surface area contributed by atoms with Crippen molar-refractivity contribution in [2.24, 2.45) is 0 Å². The first-order valence-corrected chi connectivity index (χ1v) is 13.7. The van der Waals surface area contributed by atoms with Gasteiger partial charge in [-0.1, -0.05) is 37.0 Å². The van der Waals surface area contributed by atoms with Crippen LogP contribution in [-0.2, 0) is 4.79 Å². The third-order valence-corrected chi connectivity index (χ3v) is 6.35. The zero-order chi connectivity index (χ0) is 30.1. The lowest BCUT2D eigenvalue weighted by Gasteiger charge is -2.23. The highest BCUT2D eigenvalue weighted by molar-refractivity contribution is 6.38. The van der Waals surface area contributed by atoms with E-state index >= 15 is 0 Å². The second kappa shape index (κ2) is 15.6. The molecule has 2 aromatic rings. The van der Waals surface area contributed by atoms with Crippen molar-refractivity contribution < 1.29 is 24.5 Å². The highest BCUT2D eigenvalue weighted by Crippen LogP contribution is 2.33. The van der Waals surface area contributed by atoms with Crippen LogP contribution in [0.4, 0.5) is 5.69 Å². The van der Waals surface area contributed by atoms with Crippen molar-refractivity contribution >= 4 is 34.9 Å². The fraction of sp³-hybridized carbons (Fsp3) is 0.552. The molecule has 0 aliphatic carbocycles. The molecule has 10 heteroatoms. The van der Waals surface area contributed by atoms with E-state index < -0.39 is 12.2 Å². The maximum Gasteiger partial charge on any atom is 0.308 e. The molecule has 2 atom stereocenters. The van der Waals surface area contributed by atoms with E-state index in [0.29, 0.717) is 51.9 Å². The Bertz CT molecular complexity index is 1080. The van der Waals surface area contributed by atoms with Crippen molar-refractivity contribution in [2.75, 3.05) is 25.4 Å². The fourth-order valence-electron chi connectivity index (χ4n) is 3.41. The largest absolute Gasteiger partial charge is 0.491 e. The number of esters is 1. The first kappa shape index (κ1) is 35.0. The summed E-state index contributed by atoms with van der Waals surface area (Å²) in [7, 11) is 0. The van der Waals surface area contributed by atoms with Gasteiger partial charge in [-0.25, -0.2) is 0 Å². The van der Waals surface area contributed by atoms with Gasteiger partial charge in [0, 0.05) is 31.6 Å². The molecule has 2 rings (SSSR count). The number of carbonyl (C=O) groups is 1. The van der Waals surface area contributed by atoms with E-state index in [4.69, 9.17) is 38.4 Å². The second-order valence-corrected chi connectivity index (χ2v) is 11.8. The number of hydrogen-bond donors (Lipinski definition) is 5. The summed E-state index contributed by atoms with van der Waals surface area (Å²) in [5.41, 5.74) is 9.20. The van der Waals surface area contributed by atoms with Crippen LogP contribution in [0.5, 0.6) is 11.5 Å². The average molecular weight is 587 g/mol. The van der Waals surface area contributed by atoms with Crippen molar-refractivity contribution in [3.05, 3.63) is 50.5 Å². The van der Waals surface area contributed by atoms with Gasteiger partial charge in [-0.15, -0.1) is 0 Å². The summed E-state index contributed by atoms with van der Waals surface area (Å²) in [6.45, 7) is 18.3. The van der Waals surface area contributed by atoms with Gasteiger partial charge in [0.2, 0.25) is 0 Å². The number of ether oxygens (including phenoxy) is 2. The Balaban J connectivity index is 0.000000403. The third-order valence-electron chi connectivity index (χ3n) is 5.73. The van der Waals surface area contributed by atoms with Crippen molar-refractivity contribution in [1.29, 1.82) is 0 Å². The van der Waals surface area contributed by atoms with Crippen molar-refractivity contribution in [3.8, 4) is 11.5 Å². The lowest BCUT2D eigenvalue weighted by molar-refractivity contribution is -0.131. The number of halogens is 2. The number of carbonyl (C=O) groups excluding carboxylic acids is 1. The molecule has 0 amide bonds. The van der Waals surface area contributed by atoms with Crippen molar-refractivity contribution in [3.63, 3.8) is 0 Å². The smallest absolute Gasteiger partial charge is 0.308 e. The van der Waals surface area contributed by atoms with Crippen LogP contribution >= 0.6 is 23.2 Å². The zero-order valence-electron chi connectivity index (χ0n) is 24.5. The number of aliphatic hydroxyl groups excluding tert-OH is 2. The van der Waals surface area contributed by atoms with Crippen LogP contribution in [0, 0.1) is 20.8 Å². The van der Waals surface area contributed by atoms with E-state index in [9.17, 15) is 15.0 Å². The van der Waals surface area contributed by atoms with Crippen molar-refractivity contribution in [1.82, 2.24) is 10.6 Å². The summed E-state index contributed by atoms with van der Waals surface area (Å²) in [4.78, 5) is 11.2. The Labute approximate surface area is 243 Å². The average Bonchev–Trinajstić information content (AvgIpc) is 2.83. The summed E-state index contributed by atoms with van der Waals surface area (Å²) in [6, 6.07) is 5.43. The number of aryl methyl sites for hydroxylation is 1. The van der Waals surface area contributed by atoms with Gasteiger partial charge < -0.3 is 36.1 Å². The lowest BCUT2D eigenvalue weighted by Crippen LogP contribution is -2.38. The summed E-state index contributed by atoms with van der Waals surface area (Å²) in [5.74, 6) is 0.948. The van der Waals surface area contributed by atoms with Gasteiger partial charge in [-0.05, 0) is 82.0 Å². The molecule has 0 aliphatic heterocycles. The number of hydrogen-bond acceptors (Lipinski definition) is 8. The Morgan fingerprint density at radius 3 is 2.08 bits per heavy atom. The van der Waals surface area contributed by atoms with Gasteiger partial charge in [0.05, 0.1) is 21.8 Å². The molecular formula is C29H45Cl2N3O5. The Hall–Kier alpha value is -2.07. The molecule has 0 aromatic heterocycles. The molecule has 0 spiro atoms. The van der Waals surface area contributed by atoms with Crippen LogP contribution in [-0.4, -0.2) is 53.6 Å². The molecule has 2 aromatic carbocycles. The first-order chi connectivity index (χ1) is 17.9. The summed E-state index contributed by atoms with van der Waals surface area (Å²) >= 11 is 11.8. The Morgan fingerprint density at radius 2 is 1.59 bits per heavy atom. The second-order valence-electron chi connectivity index (χ2n) is 10.9. The van der Waals surface area contributed by atoms with Gasteiger partial charge in [0.25, 0.3) is 0 Å². The minimum Gasteiger partial charge on any atom is -0.491 e. The molecule has 0 aliphatic rings. The molecule has 2 unspecified atom stereocenters. The van der Waals surface area contributed by atoms with Crippen LogP contribution in [0.1, 0.15) is 69.9 Å². The molecular weight excluding hydrogens is 541 g/mol. The first-order valence-electron chi connectivity index (χ1n) is 12.9. The number of aliphatic hydroxyl groups is 2. The molecule has 39 heavy (non-hydrogen) atoms. The van der Waals surface area contributed by atoms with Gasteiger partial charge in [-0.3, -0.25) is 4.79 Å². The third kappa shape index (κ3) is 12.3. The van der Waals surface area contributed by atoms with Gasteiger partial charge in [0.15, 0.2) is 0 Å². The van der Waals surface area contributed by atoms with Gasteiger partial charge in [-0.2, -0.15) is 0 Å². The van der Waals surface area contributed by atoms with E-state index in [0.717, 1.165) is 16.7 Å². The maximum atomic E-state index is 11.2. The molecule has 0 fully saturated rings. The summed E-state index contributed by atoms with van der Waals surface area (Å²) < 4.78 is 11.0. The summed E-state index contributed by atoms with van der Waals surface area (Å²) in [5, 5.41) is 27.0. The number of nitrogens with one attached hydrogen (secondary N) is 2. The molecule has 220 valence electrons. The van der Waals surface area contributed by atoms with E-state index in [2.05, 4.69) is 10.6 Å². The van der Waals surface area contributed by atoms with Crippen LogP contribution < -0.4 is 25.8 Å². The topological polar surface area (TPSA) is 126 Å². The number of nitrogen functional groups attached to an aromatic ring is 1. The molecule has 0 heterocycles. The highest BCUT2D eigenvalue weighted by Gasteiger charge is 2.17. The molecule has 0 saturated heterocycles. The Morgan fingerprint density at radius 1 is 1.03 bits per heavy atom. The van der Waals surface area contributed by atoms with E-state index in [1.807, 2.05) is 61.5 Å². The quantitative estimate of drug-likeness (QED) is 0.145. The van der Waals surface area contributed by atoms with Crippen LogP contribution in [0.2, 0.25) is 10.0 Å². The monoisotopic (exact) mass is 585 g/mol. The normalized spacial score (nSPS) is 13.0. The molecule has 6 N–H and O–H groups in total. The number of benzene rings is 2. The predicted molar refractivity (Wildman–Crippen MR) is 160 cm³/mol. The molecule has 0 bridgehead atoms. The number of rotatable bonds is 10. The standard InChI is InChI=1S/C17H27NO4.C12H18Cl2N2O/c1-10(2)18-8-15(20)9-21-16-7-11(3)17(22-14(6)19)13(5)12(16)4;1-12(2,3)16-6-10(17)7-4-8(13)11(15)9(14)5-7/h7,10,15,18,20H,8-9H2,1-6H3;4-5,10,16-17H,6,15H2,1-3H3. The van der Waals surface area contributed by atoms with E-state index in [1.54, 1.807) is 12.1 Å². The highest BCUT2D eigenvalue weighted by atomic mass is 35.5. The minimum absolute atomic E-state index is 0.0532. The zero-order valence-corrected chi connectivity index (χ0v) is 26.0. The molecule has 8 nitrogen and oxygen atoms in total. The Kier molecular flexibility index (Phi) is 14.0. The van der Waals surface area contributed by atoms with E-state index in [1.165, 1.54) is 6.92 Å². The molecule has 0 saturated carbocycles. The predicted octanol–water partition coefficient (Wildman–Crippen LogP) is 5.27. The lowest BCUT2D eigenvalue weighted by atomic mass is 10.0. The maximum absolute atomic E-state index is 11.2. The van der Waals surface area contributed by atoms with Crippen LogP contribution in [0.25, 0.3) is 0 Å². The number of nitrogens with two attached hydrogens (primary N) is 1. The van der Waals surface area contributed by atoms with Gasteiger partial charge in [0.1, 0.15) is 24.2 Å². The number of β-amino-alcohol motifs (C(OH)–C–C–N with tert-alkyl or cyclic N) is 1. The summed E-state index contributed by atoms with van der Waals surface area (Å²) in [6.07, 6.45) is -1.24. The SMILES string of the molecule is CC(=O)Oc1c(C)cc(OCC(O)CNC(C)C)c(C)c1C.CC(C)(C)NCC(O)c1cc(Cl)c(N)c(Cl)c1. The van der Waals surface area contributed by atoms with Crippen LogP contribution in [0.3, 0.4) is 0 Å². The fourth-order valence-corrected chi connectivity index (χ4v) is 3.91.